The summed E-state index contributed by atoms with van der Waals surface area (Å²) >= 11 is 0. The van der Waals surface area contributed by atoms with Gasteiger partial charge in [-0.2, -0.15) is 0 Å². The number of carbonyl (C=O) groups excluding carboxylic acids is 1. The van der Waals surface area contributed by atoms with Crippen LogP contribution >= 0.6 is 7.82 Å². The lowest BCUT2D eigenvalue weighted by molar-refractivity contribution is -0.870. The molecule has 0 saturated heterocycles. The number of phosphoric acid groups is 1. The zero-order chi connectivity index (χ0) is 56.3. The molecule has 0 aromatic heterocycles. The molecule has 0 aliphatic heterocycles. The highest BCUT2D eigenvalue weighted by Gasteiger charge is 2.28. The second-order valence-electron chi connectivity index (χ2n) is 24.9. The van der Waals surface area contributed by atoms with Gasteiger partial charge >= 0.3 is 7.82 Å². The van der Waals surface area contributed by atoms with E-state index in [9.17, 15) is 19.4 Å². The van der Waals surface area contributed by atoms with Gasteiger partial charge < -0.3 is 19.8 Å². The fraction of sp³-hybridized carbons (Fsp3) is 0.926. The van der Waals surface area contributed by atoms with Crippen molar-refractivity contribution in [3.63, 3.8) is 0 Å². The zero-order valence-electron chi connectivity index (χ0n) is 52.5. The first-order valence-electron chi connectivity index (χ1n) is 34.2. The molecule has 0 rings (SSSR count). The molecule has 1 amide bonds. The maximum absolute atomic E-state index is 13.0. The highest BCUT2D eigenvalue weighted by molar-refractivity contribution is 7.47. The van der Waals surface area contributed by atoms with E-state index >= 15 is 0 Å². The van der Waals surface area contributed by atoms with Crippen LogP contribution in [0.2, 0.25) is 0 Å². The third-order valence-corrected chi connectivity index (χ3v) is 16.9. The van der Waals surface area contributed by atoms with E-state index in [0.717, 1.165) is 38.5 Å². The quantitative estimate of drug-likeness (QED) is 0.0243. The summed E-state index contributed by atoms with van der Waals surface area (Å²) < 4.78 is 23.8. The molecule has 0 fully saturated rings. The molecule has 3 atom stereocenters. The number of likely N-dealkylation sites (N-methyl/N-ethyl adjacent to an activating group) is 1. The summed E-state index contributed by atoms with van der Waals surface area (Å²) in [6.45, 7) is 4.86. The van der Waals surface area contributed by atoms with Crippen molar-refractivity contribution >= 4 is 13.7 Å². The molecule has 0 radical (unpaired) electrons. The largest absolute Gasteiger partial charge is 0.472 e. The summed E-state index contributed by atoms with van der Waals surface area (Å²) in [5.41, 5.74) is 0. The normalized spacial score (nSPS) is 13.8. The number of aliphatic hydroxyl groups excluding tert-OH is 1. The minimum Gasteiger partial charge on any atom is -0.387 e. The standard InChI is InChI=1S/C68H135N2O6P/c1-6-8-10-12-14-16-18-20-22-24-26-28-30-32-33-34-35-36-37-38-39-41-43-45-47-49-51-53-55-57-59-61-67(71)66(65-76-77(73,74)75-64-63-70(3,4)5)69-68(72)62-60-58-56-54-52-50-48-46-44-42-40-31-29-27-25-23-21-19-17-15-13-11-9-7-2/h51,53,59,61,66-67,71H,6-50,52,54-58,60,62-65H2,1-5H3,(H-,69,72,73,74)/p+1/b53-51+,61-59+. The molecular weight excluding hydrogens is 972 g/mol. The van der Waals surface area contributed by atoms with Crippen LogP contribution in [-0.2, 0) is 18.4 Å². The third-order valence-electron chi connectivity index (χ3n) is 15.9. The van der Waals surface area contributed by atoms with Crippen LogP contribution in [0.25, 0.3) is 0 Å². The maximum Gasteiger partial charge on any atom is 0.472 e. The first-order chi connectivity index (χ1) is 37.5. The number of carbonyl (C=O) groups is 1. The minimum atomic E-state index is -4.36. The fourth-order valence-corrected chi connectivity index (χ4v) is 11.3. The monoisotopic (exact) mass is 1110 g/mol. The van der Waals surface area contributed by atoms with E-state index in [1.54, 1.807) is 6.08 Å². The van der Waals surface area contributed by atoms with Crippen LogP contribution in [0.1, 0.15) is 354 Å². The van der Waals surface area contributed by atoms with E-state index in [-0.39, 0.29) is 19.1 Å². The van der Waals surface area contributed by atoms with Crippen LogP contribution in [0.15, 0.2) is 24.3 Å². The predicted molar refractivity (Wildman–Crippen MR) is 337 cm³/mol. The Morgan fingerprint density at radius 2 is 0.714 bits per heavy atom. The van der Waals surface area contributed by atoms with Gasteiger partial charge in [0.25, 0.3) is 0 Å². The lowest BCUT2D eigenvalue weighted by Gasteiger charge is -2.25. The Kier molecular flexibility index (Phi) is 58.8. The zero-order valence-corrected chi connectivity index (χ0v) is 53.4. The number of unbranched alkanes of at least 4 members (excludes halogenated alkanes) is 49. The predicted octanol–water partition coefficient (Wildman–Crippen LogP) is 21.5. The molecule has 0 heterocycles. The van der Waals surface area contributed by atoms with E-state index in [2.05, 4.69) is 31.3 Å². The molecular formula is C68H136N2O6P+. The molecule has 3 unspecified atom stereocenters. The van der Waals surface area contributed by atoms with Crippen LogP contribution in [-0.4, -0.2) is 73.4 Å². The summed E-state index contributed by atoms with van der Waals surface area (Å²) in [5.74, 6) is -0.178. The van der Waals surface area contributed by atoms with Crippen molar-refractivity contribution in [3.8, 4) is 0 Å². The number of amides is 1. The summed E-state index contributed by atoms with van der Waals surface area (Å²) in [6.07, 6.45) is 77.6. The second kappa shape index (κ2) is 59.6. The molecule has 77 heavy (non-hydrogen) atoms. The number of phosphoric ester groups is 1. The van der Waals surface area contributed by atoms with Crippen LogP contribution in [0, 0.1) is 0 Å². The number of nitrogens with zero attached hydrogens (tertiary/aromatic N) is 1. The third kappa shape index (κ3) is 62.4. The Balaban J connectivity index is 4.09. The van der Waals surface area contributed by atoms with Gasteiger partial charge in [-0.05, 0) is 32.1 Å². The van der Waals surface area contributed by atoms with Crippen molar-refractivity contribution < 1.29 is 32.9 Å². The van der Waals surface area contributed by atoms with Gasteiger partial charge in [0.2, 0.25) is 5.91 Å². The van der Waals surface area contributed by atoms with Gasteiger partial charge in [-0.1, -0.05) is 340 Å². The van der Waals surface area contributed by atoms with Gasteiger partial charge in [0.1, 0.15) is 13.2 Å². The average molecular weight is 1110 g/mol. The number of nitrogens with one attached hydrogen (secondary N) is 1. The van der Waals surface area contributed by atoms with Gasteiger partial charge in [0.15, 0.2) is 0 Å². The minimum absolute atomic E-state index is 0.0591. The van der Waals surface area contributed by atoms with Crippen molar-refractivity contribution in [2.24, 2.45) is 0 Å². The summed E-state index contributed by atoms with van der Waals surface area (Å²) in [5, 5.41) is 14.0. The molecule has 0 saturated carbocycles. The lowest BCUT2D eigenvalue weighted by atomic mass is 10.0. The molecule has 9 heteroatoms. The molecule has 0 bridgehead atoms. The van der Waals surface area contributed by atoms with Crippen molar-refractivity contribution in [2.45, 2.75) is 366 Å². The van der Waals surface area contributed by atoms with Crippen molar-refractivity contribution in [1.82, 2.24) is 5.32 Å². The number of allylic oxidation sites excluding steroid dienone is 3. The second-order valence-corrected chi connectivity index (χ2v) is 26.4. The highest BCUT2D eigenvalue weighted by atomic mass is 31.2. The van der Waals surface area contributed by atoms with E-state index in [4.69, 9.17) is 9.05 Å². The molecule has 458 valence electrons. The molecule has 0 aliphatic carbocycles. The summed E-state index contributed by atoms with van der Waals surface area (Å²) in [7, 11) is 1.57. The molecule has 0 spiro atoms. The SMILES string of the molecule is CCCCCCCCCCCCCCCCCCCCCCCCCCC/C=C/CC/C=C/C(O)C(COP(=O)(O)OCC[N+](C)(C)C)NC(=O)CCCCCCCCCCCCCCCCCCCCCCCCCC. The fourth-order valence-electron chi connectivity index (χ4n) is 10.6. The summed E-state index contributed by atoms with van der Waals surface area (Å²) in [6, 6.07) is -0.861. The maximum atomic E-state index is 13.0. The molecule has 3 N–H and O–H groups in total. The van der Waals surface area contributed by atoms with Crippen molar-refractivity contribution in [3.05, 3.63) is 24.3 Å². The first kappa shape index (κ1) is 76.0. The lowest BCUT2D eigenvalue weighted by Crippen LogP contribution is -2.45. The van der Waals surface area contributed by atoms with Gasteiger partial charge in [0.05, 0.1) is 39.9 Å². The molecule has 8 nitrogen and oxygen atoms in total. The molecule has 0 aliphatic rings. The summed E-state index contributed by atoms with van der Waals surface area (Å²) in [4.78, 5) is 23.4. The Morgan fingerprint density at radius 3 is 1.04 bits per heavy atom. The van der Waals surface area contributed by atoms with Crippen LogP contribution in [0.5, 0.6) is 0 Å². The van der Waals surface area contributed by atoms with Gasteiger partial charge in [-0.15, -0.1) is 0 Å². The Labute approximate surface area is 481 Å². The molecule has 0 aromatic rings. The van der Waals surface area contributed by atoms with Gasteiger partial charge in [-0.25, -0.2) is 4.57 Å². The van der Waals surface area contributed by atoms with E-state index < -0.39 is 20.0 Å². The smallest absolute Gasteiger partial charge is 0.387 e. The van der Waals surface area contributed by atoms with Crippen LogP contribution in [0.4, 0.5) is 0 Å². The van der Waals surface area contributed by atoms with E-state index in [0.29, 0.717) is 17.4 Å². The number of hydrogen-bond donors (Lipinski definition) is 3. The Morgan fingerprint density at radius 1 is 0.429 bits per heavy atom. The number of hydrogen-bond acceptors (Lipinski definition) is 5. The van der Waals surface area contributed by atoms with Gasteiger partial charge in [-0.3, -0.25) is 13.8 Å². The van der Waals surface area contributed by atoms with Crippen LogP contribution in [0.3, 0.4) is 0 Å². The topological polar surface area (TPSA) is 105 Å². The highest BCUT2D eigenvalue weighted by Crippen LogP contribution is 2.43. The number of quaternary nitrogens is 1. The number of aliphatic hydroxyl groups is 1. The van der Waals surface area contributed by atoms with E-state index in [1.807, 2.05) is 27.2 Å². The van der Waals surface area contributed by atoms with Gasteiger partial charge in [0, 0.05) is 6.42 Å². The van der Waals surface area contributed by atoms with Crippen LogP contribution < -0.4 is 5.32 Å². The average Bonchev–Trinajstić information content (AvgIpc) is 3.39. The molecule has 0 aromatic carbocycles. The van der Waals surface area contributed by atoms with Crippen molar-refractivity contribution in [2.75, 3.05) is 40.9 Å². The first-order valence-corrected chi connectivity index (χ1v) is 35.7. The van der Waals surface area contributed by atoms with E-state index in [1.165, 1.54) is 295 Å². The Hall–Kier alpha value is -1.02. The van der Waals surface area contributed by atoms with Crippen molar-refractivity contribution in [1.29, 1.82) is 0 Å². The number of rotatable bonds is 64. The Bertz CT molecular complexity index is 1300.